The molecule has 1 aromatic heterocycles. The molecule has 0 saturated heterocycles. The van der Waals surface area contributed by atoms with Crippen LogP contribution in [-0.2, 0) is 20.7 Å². The molecule has 1 heterocycles. The number of nitrogens with zero attached hydrogens (tertiary/aromatic N) is 1. The number of hydrogen-bond acceptors (Lipinski definition) is 5. The van der Waals surface area contributed by atoms with Gasteiger partial charge in [-0.15, -0.1) is 0 Å². The van der Waals surface area contributed by atoms with E-state index in [0.29, 0.717) is 21.7 Å². The fraction of sp³-hybridized carbons (Fsp3) is 0.200. The number of benzene rings is 2. The molecule has 0 aliphatic rings. The smallest absolute Gasteiger partial charge is 0.306 e. The summed E-state index contributed by atoms with van der Waals surface area (Å²) in [4.78, 5) is 43.4. The molecule has 0 aliphatic carbocycles. The second-order valence-electron chi connectivity index (χ2n) is 6.25. The Balaban J connectivity index is 1.57. The molecular formula is C20H17Cl2N3O4. The first-order valence-electron chi connectivity index (χ1n) is 8.77. The average molecular weight is 434 g/mol. The summed E-state index contributed by atoms with van der Waals surface area (Å²) >= 11 is 11.9. The monoisotopic (exact) mass is 433 g/mol. The number of carbonyl (C=O) groups excluding carboxylic acids is 2. The minimum absolute atomic E-state index is 0.0907. The van der Waals surface area contributed by atoms with Crippen molar-refractivity contribution in [2.75, 3.05) is 5.32 Å². The lowest BCUT2D eigenvalue weighted by atomic mass is 10.2. The molecular weight excluding hydrogens is 417 g/mol. The summed E-state index contributed by atoms with van der Waals surface area (Å²) in [6.45, 7) is 1.44. The van der Waals surface area contributed by atoms with Crippen molar-refractivity contribution in [1.82, 2.24) is 9.97 Å². The number of aryl methyl sites for hydroxylation is 1. The Morgan fingerprint density at radius 3 is 2.72 bits per heavy atom. The van der Waals surface area contributed by atoms with Gasteiger partial charge in [0.1, 0.15) is 5.69 Å². The minimum Gasteiger partial charge on any atom is -0.453 e. The fourth-order valence-corrected chi connectivity index (χ4v) is 2.95. The van der Waals surface area contributed by atoms with Crippen molar-refractivity contribution < 1.29 is 14.3 Å². The van der Waals surface area contributed by atoms with Gasteiger partial charge >= 0.3 is 5.97 Å². The molecule has 0 aliphatic heterocycles. The maximum atomic E-state index is 12.2. The van der Waals surface area contributed by atoms with Crippen LogP contribution in [0.1, 0.15) is 19.0 Å². The number of H-pyrrole nitrogens is 1. The molecule has 0 fully saturated rings. The van der Waals surface area contributed by atoms with Crippen LogP contribution in [0.5, 0.6) is 0 Å². The largest absolute Gasteiger partial charge is 0.453 e. The van der Waals surface area contributed by atoms with Crippen LogP contribution in [0.25, 0.3) is 11.0 Å². The third-order valence-electron chi connectivity index (χ3n) is 4.12. The van der Waals surface area contributed by atoms with Crippen molar-refractivity contribution in [3.05, 3.63) is 68.6 Å². The summed E-state index contributed by atoms with van der Waals surface area (Å²) < 4.78 is 5.14. The number of hydrogen-bond donors (Lipinski definition) is 2. The molecule has 3 rings (SSSR count). The van der Waals surface area contributed by atoms with Gasteiger partial charge in [-0.05, 0) is 31.2 Å². The average Bonchev–Trinajstić information content (AvgIpc) is 2.69. The van der Waals surface area contributed by atoms with Gasteiger partial charge in [0, 0.05) is 6.42 Å². The van der Waals surface area contributed by atoms with Gasteiger partial charge in [0.2, 0.25) is 0 Å². The first-order chi connectivity index (χ1) is 13.8. The Morgan fingerprint density at radius 2 is 1.93 bits per heavy atom. The standard InChI is InChI=1S/C20H17Cl2N3O4/c1-11(19(27)25-15-8-4-5-12(21)18(15)22)29-17(26)10-9-16-20(28)24-14-7-3-2-6-13(14)23-16/h2-8,11H,9-10H2,1H3,(H,24,28)(H,25,27). The molecule has 29 heavy (non-hydrogen) atoms. The predicted octanol–water partition coefficient (Wildman–Crippen LogP) is 3.73. The lowest BCUT2D eigenvalue weighted by Gasteiger charge is -2.14. The molecule has 1 atom stereocenters. The van der Waals surface area contributed by atoms with Crippen LogP contribution in [0.3, 0.4) is 0 Å². The van der Waals surface area contributed by atoms with Gasteiger partial charge in [-0.1, -0.05) is 41.4 Å². The van der Waals surface area contributed by atoms with Crippen molar-refractivity contribution in [2.45, 2.75) is 25.9 Å². The van der Waals surface area contributed by atoms with E-state index >= 15 is 0 Å². The van der Waals surface area contributed by atoms with Crippen LogP contribution in [-0.4, -0.2) is 27.9 Å². The van der Waals surface area contributed by atoms with E-state index < -0.39 is 18.0 Å². The number of rotatable bonds is 6. The normalized spacial score (nSPS) is 11.8. The van der Waals surface area contributed by atoms with Crippen molar-refractivity contribution in [3.63, 3.8) is 0 Å². The molecule has 0 bridgehead atoms. The summed E-state index contributed by atoms with van der Waals surface area (Å²) in [5, 5.41) is 3.05. The van der Waals surface area contributed by atoms with Gasteiger partial charge in [-0.3, -0.25) is 14.4 Å². The van der Waals surface area contributed by atoms with Gasteiger partial charge < -0.3 is 15.0 Å². The first-order valence-corrected chi connectivity index (χ1v) is 9.53. The van der Waals surface area contributed by atoms with E-state index in [1.165, 1.54) is 6.92 Å². The number of amides is 1. The van der Waals surface area contributed by atoms with Gasteiger partial charge in [0.05, 0.1) is 33.2 Å². The van der Waals surface area contributed by atoms with Crippen LogP contribution in [0.2, 0.25) is 10.0 Å². The van der Waals surface area contributed by atoms with E-state index in [9.17, 15) is 14.4 Å². The van der Waals surface area contributed by atoms with E-state index in [0.717, 1.165) is 0 Å². The van der Waals surface area contributed by atoms with Crippen LogP contribution in [0, 0.1) is 0 Å². The number of aromatic amines is 1. The second-order valence-corrected chi connectivity index (χ2v) is 7.04. The molecule has 7 nitrogen and oxygen atoms in total. The number of carbonyl (C=O) groups is 2. The number of para-hydroxylation sites is 2. The van der Waals surface area contributed by atoms with E-state index in [1.54, 1.807) is 42.5 Å². The molecule has 1 unspecified atom stereocenters. The molecule has 150 valence electrons. The van der Waals surface area contributed by atoms with Crippen LogP contribution < -0.4 is 10.9 Å². The Hall–Kier alpha value is -2.90. The van der Waals surface area contributed by atoms with Crippen LogP contribution >= 0.6 is 23.2 Å². The molecule has 3 aromatic rings. The maximum absolute atomic E-state index is 12.2. The van der Waals surface area contributed by atoms with E-state index in [2.05, 4.69) is 15.3 Å². The third-order valence-corrected chi connectivity index (χ3v) is 4.94. The fourth-order valence-electron chi connectivity index (χ4n) is 2.60. The zero-order valence-corrected chi connectivity index (χ0v) is 16.9. The number of halogens is 2. The topological polar surface area (TPSA) is 101 Å². The van der Waals surface area contributed by atoms with Crippen molar-refractivity contribution >= 4 is 51.8 Å². The molecule has 1 amide bonds. The second kappa shape index (κ2) is 9.07. The van der Waals surface area contributed by atoms with Crippen molar-refractivity contribution in [1.29, 1.82) is 0 Å². The van der Waals surface area contributed by atoms with Gasteiger partial charge in [0.25, 0.3) is 11.5 Å². The summed E-state index contributed by atoms with van der Waals surface area (Å²) in [5.74, 6) is -1.18. The Morgan fingerprint density at radius 1 is 1.17 bits per heavy atom. The number of aromatic nitrogens is 2. The molecule has 9 heteroatoms. The molecule has 2 aromatic carbocycles. The van der Waals surface area contributed by atoms with Crippen LogP contribution in [0.4, 0.5) is 5.69 Å². The summed E-state index contributed by atoms with van der Waals surface area (Å²) in [6, 6.07) is 11.9. The highest BCUT2D eigenvalue weighted by atomic mass is 35.5. The third kappa shape index (κ3) is 5.13. The highest BCUT2D eigenvalue weighted by molar-refractivity contribution is 6.44. The highest BCUT2D eigenvalue weighted by Gasteiger charge is 2.19. The summed E-state index contributed by atoms with van der Waals surface area (Å²) in [7, 11) is 0. The molecule has 0 saturated carbocycles. The Labute approximate surface area is 176 Å². The highest BCUT2D eigenvalue weighted by Crippen LogP contribution is 2.29. The molecule has 2 N–H and O–H groups in total. The Kier molecular flexibility index (Phi) is 6.51. The maximum Gasteiger partial charge on any atom is 0.306 e. The quantitative estimate of drug-likeness (QED) is 0.576. The zero-order valence-electron chi connectivity index (χ0n) is 15.4. The Bertz CT molecular complexity index is 1130. The predicted molar refractivity (Wildman–Crippen MR) is 111 cm³/mol. The van der Waals surface area contributed by atoms with Gasteiger partial charge in [0.15, 0.2) is 6.10 Å². The minimum atomic E-state index is -1.06. The number of nitrogens with one attached hydrogen (secondary N) is 2. The molecule has 0 spiro atoms. The van der Waals surface area contributed by atoms with E-state index in [1.807, 2.05) is 0 Å². The van der Waals surface area contributed by atoms with E-state index in [4.69, 9.17) is 27.9 Å². The zero-order chi connectivity index (χ0) is 21.0. The van der Waals surface area contributed by atoms with Gasteiger partial charge in [-0.2, -0.15) is 0 Å². The SMILES string of the molecule is CC(OC(=O)CCc1nc2ccccc2[nH]c1=O)C(=O)Nc1cccc(Cl)c1Cl. The summed E-state index contributed by atoms with van der Waals surface area (Å²) in [6.07, 6.45) is -1.06. The lowest BCUT2D eigenvalue weighted by molar-refractivity contribution is -0.153. The van der Waals surface area contributed by atoms with Gasteiger partial charge in [-0.25, -0.2) is 4.98 Å². The van der Waals surface area contributed by atoms with Crippen molar-refractivity contribution in [3.8, 4) is 0 Å². The summed E-state index contributed by atoms with van der Waals surface area (Å²) in [5.41, 5.74) is 1.43. The first kappa shape index (κ1) is 20.8. The number of esters is 1. The van der Waals surface area contributed by atoms with Crippen molar-refractivity contribution in [2.24, 2.45) is 0 Å². The molecule has 0 radical (unpaired) electrons. The van der Waals surface area contributed by atoms with E-state index in [-0.39, 0.29) is 29.1 Å². The number of anilines is 1. The lowest BCUT2D eigenvalue weighted by Crippen LogP contribution is -2.30. The number of ether oxygens (including phenoxy) is 1. The van der Waals surface area contributed by atoms with Crippen LogP contribution in [0.15, 0.2) is 47.3 Å². The number of fused-ring (bicyclic) bond motifs is 1.